The maximum atomic E-state index is 8.49. The maximum Gasteiger partial charge on any atom is 2.00 e. The number of methoxy groups -OCH3 is 4. The van der Waals surface area contributed by atoms with E-state index >= 15 is 0 Å². The summed E-state index contributed by atoms with van der Waals surface area (Å²) < 4.78 is 156. The van der Waals surface area contributed by atoms with Gasteiger partial charge in [-0.25, -0.2) is 94.5 Å². The number of pyridine rings is 4. The van der Waals surface area contributed by atoms with Gasteiger partial charge in [-0.15, -0.1) is 41.0 Å². The molecule has 0 unspecified atom stereocenters. The number of hydrogen-bond donors (Lipinski definition) is 0. The van der Waals surface area contributed by atoms with Crippen molar-refractivity contribution in [3.63, 3.8) is 0 Å². The minimum Gasteiger partial charge on any atom is -0.481 e. The van der Waals surface area contributed by atoms with Crippen LogP contribution in [0.25, 0.3) is 0 Å². The van der Waals surface area contributed by atoms with Crippen LogP contribution in [-0.2, 0) is 65.5 Å². The molecule has 94 heavy (non-hydrogen) atoms. The number of ether oxygens (including phenoxy) is 4. The molecule has 2 aromatic carbocycles. The Labute approximate surface area is 588 Å². The first-order valence-electron chi connectivity index (χ1n) is 22.7. The predicted octanol–water partition coefficient (Wildman–Crippen LogP) is -9.70. The van der Waals surface area contributed by atoms with Gasteiger partial charge in [-0.2, -0.15) is 31.6 Å². The largest absolute Gasteiger partial charge is 2.00 e. The fourth-order valence-electron chi connectivity index (χ4n) is 4.34. The third kappa shape index (κ3) is 90.6. The smallest absolute Gasteiger partial charge is 0.481 e. The van der Waals surface area contributed by atoms with Crippen LogP contribution in [0.5, 0.6) is 23.5 Å². The Morgan fingerprint density at radius 2 is 0.436 bits per heavy atom. The van der Waals surface area contributed by atoms with E-state index in [-0.39, 0.29) is 65.5 Å². The van der Waals surface area contributed by atoms with Crippen LogP contribution in [0.4, 0.5) is 22.7 Å². The van der Waals surface area contributed by atoms with Crippen molar-refractivity contribution in [1.82, 2.24) is 19.9 Å². The van der Waals surface area contributed by atoms with Crippen LogP contribution >= 0.6 is 0 Å². The van der Waals surface area contributed by atoms with Crippen molar-refractivity contribution in [2.75, 3.05) is 28.4 Å². The molecular formula is C52H60Cd2Cl4N14O22+2. The molecule has 0 fully saturated rings. The van der Waals surface area contributed by atoms with Gasteiger partial charge in [-0.1, -0.05) is 36.4 Å². The normalized spacial score (nSPS) is 9.23. The molecule has 0 amide bonds. The molecule has 0 aliphatic rings. The summed E-state index contributed by atoms with van der Waals surface area (Å²) in [5, 5.41) is 43.9. The second-order valence-electron chi connectivity index (χ2n) is 13.3. The summed E-state index contributed by atoms with van der Waals surface area (Å²) in [7, 11) is -13.4. The monoisotopic (exact) mass is 1600 g/mol. The first-order valence-corrected chi connectivity index (χ1v) is 27.7. The van der Waals surface area contributed by atoms with Crippen LogP contribution in [-0.4, -0.2) is 73.2 Å². The van der Waals surface area contributed by atoms with E-state index in [9.17, 15) is 0 Å². The Kier molecular flexibility index (Phi) is 77.9. The Morgan fingerprint density at radius 3 is 0.564 bits per heavy atom. The minimum atomic E-state index is -4.94. The second-order valence-corrected chi connectivity index (χ2v) is 16.4. The first kappa shape index (κ1) is 108. The second kappa shape index (κ2) is 68.0. The average Bonchev–Trinajstić information content (AvgIpc) is 3.64. The van der Waals surface area contributed by atoms with Crippen LogP contribution < -0.4 is 93.5 Å². The fourth-order valence-corrected chi connectivity index (χ4v) is 4.34. The van der Waals surface area contributed by atoms with Crippen molar-refractivity contribution in [1.29, 1.82) is 31.6 Å². The summed E-state index contributed by atoms with van der Waals surface area (Å²) >= 11 is 0. The third-order valence-electron chi connectivity index (χ3n) is 6.86. The SMILES string of the molecule is CC#N.CC#N.CC#N.CC#N.CC#N.CC#N.COc1cccc(C=Nc2cccc(N=Cc3cccc(OC)n3)c2)n1.COc1cccc(C=Nc2cccc(N=Cc3cccc(OC)n3)c2)n1.[Cd+2].[Cd+2].[O-][Cl+3]([O-])([O-])[O-].[O-][Cl+3]([O-])([O-])[O-].[O-][Cl+3]([O-])([O-])[O-].[O-][Cl+3]([O-])([O-])[O-].[OH3+].[OH3+]. The number of halogens is 4. The predicted molar refractivity (Wildman–Crippen MR) is 283 cm³/mol. The number of nitrogens with zero attached hydrogens (tertiary/aromatic N) is 14. The van der Waals surface area contributed by atoms with Crippen LogP contribution in [0.1, 0.15) is 64.3 Å². The minimum absolute atomic E-state index is 0. The zero-order valence-corrected chi connectivity index (χ0v) is 62.5. The molecule has 6 N–H and O–H groups in total. The number of aliphatic imine (C=N–C) groups is 4. The summed E-state index contributed by atoms with van der Waals surface area (Å²) in [5.41, 5.74) is 6.01. The van der Waals surface area contributed by atoms with Crippen molar-refractivity contribution in [2.45, 2.75) is 41.5 Å². The van der Waals surface area contributed by atoms with E-state index in [1.165, 1.54) is 41.5 Å². The Balaban J connectivity index is -0.000000119. The molecule has 0 atom stereocenters. The van der Waals surface area contributed by atoms with Gasteiger partial charge in [-0.05, 0) is 60.7 Å². The van der Waals surface area contributed by atoms with E-state index in [2.05, 4.69) is 39.9 Å². The van der Waals surface area contributed by atoms with E-state index in [1.807, 2.05) is 97.1 Å². The first-order chi connectivity index (χ1) is 42.0. The van der Waals surface area contributed by atoms with Crippen molar-refractivity contribution in [3.05, 3.63) is 144 Å². The average molecular weight is 1600 g/mol. The fraction of sp³-hybridized carbons (Fsp3) is 0.192. The van der Waals surface area contributed by atoms with Gasteiger partial charge in [0.25, 0.3) is 0 Å². The third-order valence-corrected chi connectivity index (χ3v) is 6.86. The molecule has 0 saturated heterocycles. The number of hydrogen-bond acceptors (Lipinski definition) is 34. The van der Waals surface area contributed by atoms with Gasteiger partial charge in [0.2, 0.25) is 23.5 Å². The van der Waals surface area contributed by atoms with E-state index in [0.717, 1.165) is 45.5 Å². The van der Waals surface area contributed by atoms with Gasteiger partial charge >= 0.3 is 54.6 Å². The Bertz CT molecular complexity index is 2810. The van der Waals surface area contributed by atoms with Gasteiger partial charge in [0.05, 0.1) is 135 Å². The topological polar surface area (TPSA) is 716 Å². The number of aromatic nitrogens is 4. The summed E-state index contributed by atoms with van der Waals surface area (Å²) in [6.07, 6.45) is 6.76. The molecule has 6 rings (SSSR count). The molecule has 4 heterocycles. The van der Waals surface area contributed by atoms with Gasteiger partial charge in [0, 0.05) is 65.8 Å². The van der Waals surface area contributed by atoms with Crippen LogP contribution in [0.15, 0.2) is 141 Å². The van der Waals surface area contributed by atoms with Gasteiger partial charge < -0.3 is 29.9 Å². The van der Waals surface area contributed by atoms with Crippen LogP contribution in [0.3, 0.4) is 0 Å². The van der Waals surface area contributed by atoms with Crippen molar-refractivity contribution in [2.24, 2.45) is 20.0 Å². The van der Waals surface area contributed by atoms with Crippen molar-refractivity contribution < 1.29 is 200 Å². The van der Waals surface area contributed by atoms with Gasteiger partial charge in [0.1, 0.15) is 0 Å². The van der Waals surface area contributed by atoms with E-state index in [0.29, 0.717) is 23.5 Å². The van der Waals surface area contributed by atoms with E-state index < -0.39 is 41.0 Å². The molecule has 0 saturated carbocycles. The summed E-state index contributed by atoms with van der Waals surface area (Å²) in [5.74, 6) is 2.22. The molecule has 0 radical (unpaired) electrons. The molecule has 0 bridgehead atoms. The van der Waals surface area contributed by atoms with E-state index in [1.54, 1.807) is 114 Å². The molecule has 0 spiro atoms. The summed E-state index contributed by atoms with van der Waals surface area (Å²) in [6.45, 7) is 8.58. The zero-order valence-electron chi connectivity index (χ0n) is 51.4. The standard InChI is InChI=1S/2C20H18N4O2.6C2H3N.2Cd.4ClHO4.2H2O/c2*1-25-19-10-4-8-17(23-19)13-21-15-6-3-7-16(12-15)22-14-18-9-5-11-20(24-18)26-2;6*1-2-3;;;4*2-1(3,4)5;;/h2*3-14H,1-2H3;6*1H3;;;4*(H,2,3,4,5);2*1H2/q;;;;;;;;2*+2;;;;;;/p-2. The molecule has 42 heteroatoms. The Morgan fingerprint density at radius 1 is 0.309 bits per heavy atom. The number of benzene rings is 2. The molecule has 36 nitrogen and oxygen atoms in total. The van der Waals surface area contributed by atoms with Gasteiger partial charge in [-0.3, -0.25) is 20.0 Å². The molecular weight excluding hydrogens is 1540 g/mol. The summed E-state index contributed by atoms with van der Waals surface area (Å²) in [6, 6.07) is 47.8. The van der Waals surface area contributed by atoms with E-state index in [4.69, 9.17) is 125 Å². The van der Waals surface area contributed by atoms with Gasteiger partial charge in [0.15, 0.2) is 0 Å². The molecule has 4 aromatic heterocycles. The molecule has 0 aliphatic heterocycles. The maximum absolute atomic E-state index is 8.49. The number of rotatable bonds is 12. The van der Waals surface area contributed by atoms with Crippen LogP contribution in [0, 0.1) is 109 Å². The molecule has 0 aliphatic carbocycles. The van der Waals surface area contributed by atoms with Crippen molar-refractivity contribution >= 4 is 47.6 Å². The van der Waals surface area contributed by atoms with Crippen LogP contribution in [0.2, 0.25) is 0 Å². The Hall–Kier alpha value is -7.86. The number of nitriles is 6. The molecule has 500 valence electrons. The zero-order chi connectivity index (χ0) is 70.6. The quantitative estimate of drug-likeness (QED) is 0.0624. The van der Waals surface area contributed by atoms with Crippen molar-refractivity contribution in [3.8, 4) is 59.9 Å². The molecule has 6 aromatic rings. The summed E-state index contributed by atoms with van der Waals surface area (Å²) in [4.78, 5) is 35.0.